The van der Waals surface area contributed by atoms with Gasteiger partial charge in [-0.2, -0.15) is 0 Å². The molecule has 2 aromatic rings. The summed E-state index contributed by atoms with van der Waals surface area (Å²) in [5.41, 5.74) is 0.528. The zero-order chi connectivity index (χ0) is 29.9. The van der Waals surface area contributed by atoms with Crippen molar-refractivity contribution in [2.75, 3.05) is 13.2 Å². The molecule has 8 nitrogen and oxygen atoms in total. The zero-order valence-electron chi connectivity index (χ0n) is 26.2. The Bertz CT molecular complexity index is 1130. The maximum absolute atomic E-state index is 13.0. The van der Waals surface area contributed by atoms with Crippen LogP contribution in [-0.4, -0.2) is 71.2 Å². The smallest absolute Gasteiger partial charge is 0.410 e. The molecule has 0 spiro atoms. The lowest BCUT2D eigenvalue weighted by Crippen LogP contribution is -2.49. The van der Waals surface area contributed by atoms with Gasteiger partial charge >= 0.3 is 13.6 Å². The maximum Gasteiger partial charge on any atom is 0.410 e. The van der Waals surface area contributed by atoms with Gasteiger partial charge in [-0.1, -0.05) is 49.4 Å². The van der Waals surface area contributed by atoms with Crippen LogP contribution in [0.5, 0.6) is 0 Å². The molecule has 1 fully saturated rings. The molecule has 1 aliphatic heterocycles. The quantitative estimate of drug-likeness (QED) is 0.274. The van der Waals surface area contributed by atoms with Crippen molar-refractivity contribution >= 4 is 27.1 Å². The molecule has 3 rings (SSSR count). The summed E-state index contributed by atoms with van der Waals surface area (Å²) < 4.78 is 19.9. The third-order valence-corrected chi connectivity index (χ3v) is 9.16. The van der Waals surface area contributed by atoms with Gasteiger partial charge in [-0.25, -0.2) is 9.78 Å². The van der Waals surface area contributed by atoms with Crippen molar-refractivity contribution in [3.05, 3.63) is 36.3 Å². The van der Waals surface area contributed by atoms with Gasteiger partial charge in [-0.05, 0) is 72.9 Å². The van der Waals surface area contributed by atoms with Gasteiger partial charge in [-0.15, -0.1) is 0 Å². The number of hydrogen-bond donors (Lipinski definition) is 1. The van der Waals surface area contributed by atoms with Crippen molar-refractivity contribution in [2.45, 2.75) is 117 Å². The van der Waals surface area contributed by atoms with Crippen LogP contribution in [0.4, 0.5) is 4.79 Å². The Balaban J connectivity index is 1.86. The summed E-state index contributed by atoms with van der Waals surface area (Å²) in [6.07, 6.45) is 3.29. The molecule has 1 N–H and O–H groups in total. The van der Waals surface area contributed by atoms with E-state index in [4.69, 9.17) is 19.1 Å². The largest absolute Gasteiger partial charge is 0.444 e. The number of imidazole rings is 1. The molecular formula is C30H49BN3O5Si. The third kappa shape index (κ3) is 8.68. The first-order valence-electron chi connectivity index (χ1n) is 14.3. The fraction of sp³-hybridized carbons (Fsp3) is 0.667. The van der Waals surface area contributed by atoms with Crippen LogP contribution < -0.4 is 5.46 Å². The van der Waals surface area contributed by atoms with Gasteiger partial charge in [0.25, 0.3) is 0 Å². The summed E-state index contributed by atoms with van der Waals surface area (Å²) in [7, 11) is 0.447. The van der Waals surface area contributed by atoms with Crippen LogP contribution >= 0.6 is 0 Å². The molecule has 0 saturated carbocycles. The van der Waals surface area contributed by atoms with Crippen molar-refractivity contribution in [2.24, 2.45) is 0 Å². The van der Waals surface area contributed by atoms with Crippen molar-refractivity contribution < 1.29 is 24.0 Å². The molecule has 0 bridgehead atoms. The summed E-state index contributed by atoms with van der Waals surface area (Å²) >= 11 is 0. The van der Waals surface area contributed by atoms with E-state index in [2.05, 4.69) is 24.2 Å². The number of benzene rings is 1. The van der Waals surface area contributed by atoms with E-state index >= 15 is 0 Å². The van der Waals surface area contributed by atoms with Gasteiger partial charge in [-0.3, -0.25) is 4.90 Å². The van der Waals surface area contributed by atoms with E-state index in [0.29, 0.717) is 19.9 Å². The summed E-state index contributed by atoms with van der Waals surface area (Å²) in [5, 5.41) is 10.4. The van der Waals surface area contributed by atoms with Crippen molar-refractivity contribution in [1.29, 1.82) is 0 Å². The van der Waals surface area contributed by atoms with E-state index in [1.807, 2.05) is 65.1 Å². The van der Waals surface area contributed by atoms with Gasteiger partial charge in [0.2, 0.25) is 0 Å². The van der Waals surface area contributed by atoms with Gasteiger partial charge in [0.1, 0.15) is 18.2 Å². The van der Waals surface area contributed by atoms with E-state index in [0.717, 1.165) is 41.4 Å². The van der Waals surface area contributed by atoms with Crippen molar-refractivity contribution in [3.63, 3.8) is 0 Å². The Morgan fingerprint density at radius 1 is 1.10 bits per heavy atom. The topological polar surface area (TPSA) is 86.0 Å². The lowest BCUT2D eigenvalue weighted by Gasteiger charge is -2.37. The molecule has 1 amide bonds. The molecule has 0 unspecified atom stereocenters. The van der Waals surface area contributed by atoms with Crippen LogP contribution in [0, 0.1) is 0 Å². The maximum atomic E-state index is 13.0. The predicted octanol–water partition coefficient (Wildman–Crippen LogP) is 5.75. The SMILES string of the molecule is CC(C)(C)OC(=O)N1CCC[C@H]1c1ncc(-c2ccc([B]OC(C)(C)C(C)(C)O)cc2)n1COCC[Si](C)(C)C. The number of rotatable bonds is 11. The minimum Gasteiger partial charge on any atom is -0.444 e. The minimum atomic E-state index is -1.23. The Morgan fingerprint density at radius 3 is 2.33 bits per heavy atom. The molecule has 1 atom stereocenters. The highest BCUT2D eigenvalue weighted by Crippen LogP contribution is 2.35. The highest BCUT2D eigenvalue weighted by atomic mass is 28.3. The number of likely N-dealkylation sites (tertiary alicyclic amines) is 1. The highest BCUT2D eigenvalue weighted by molar-refractivity contribution is 6.76. The fourth-order valence-electron chi connectivity index (χ4n) is 4.22. The lowest BCUT2D eigenvalue weighted by molar-refractivity contribution is -0.0893. The van der Waals surface area contributed by atoms with Crippen LogP contribution in [0.1, 0.15) is 73.2 Å². The summed E-state index contributed by atoms with van der Waals surface area (Å²) in [6.45, 7) is 21.6. The molecule has 1 saturated heterocycles. The van der Waals surface area contributed by atoms with Crippen molar-refractivity contribution in [1.82, 2.24) is 14.5 Å². The summed E-state index contributed by atoms with van der Waals surface area (Å²) in [4.78, 5) is 19.7. The Kier molecular flexibility index (Phi) is 10.0. The number of aromatic nitrogens is 2. The Labute approximate surface area is 242 Å². The number of aliphatic hydroxyl groups is 1. The second-order valence-electron chi connectivity index (χ2n) is 14.0. The van der Waals surface area contributed by atoms with Gasteiger partial charge in [0, 0.05) is 21.2 Å². The van der Waals surface area contributed by atoms with E-state index in [9.17, 15) is 9.90 Å². The molecule has 0 aliphatic carbocycles. The molecule has 1 aromatic carbocycles. The summed E-state index contributed by atoms with van der Waals surface area (Å²) in [6, 6.07) is 8.95. The number of carbonyl (C=O) groups excluding carboxylic acids is 1. The average molecular weight is 571 g/mol. The fourth-order valence-corrected chi connectivity index (χ4v) is 4.98. The lowest BCUT2D eigenvalue weighted by atomic mass is 9.82. The van der Waals surface area contributed by atoms with Crippen LogP contribution in [0.3, 0.4) is 0 Å². The number of nitrogens with zero attached hydrogens (tertiary/aromatic N) is 3. The number of hydrogen-bond acceptors (Lipinski definition) is 6. The Hall–Kier alpha value is -2.14. The molecular weight excluding hydrogens is 521 g/mol. The van der Waals surface area contributed by atoms with E-state index in [1.165, 1.54) is 0 Å². The Morgan fingerprint density at radius 2 is 1.75 bits per heavy atom. The van der Waals surface area contributed by atoms with Crippen LogP contribution in [0.2, 0.25) is 25.7 Å². The molecule has 2 heterocycles. The zero-order valence-corrected chi connectivity index (χ0v) is 27.2. The van der Waals surface area contributed by atoms with E-state index in [1.54, 1.807) is 26.2 Å². The third-order valence-electron chi connectivity index (χ3n) is 7.45. The number of amides is 1. The van der Waals surface area contributed by atoms with Crippen molar-refractivity contribution in [3.8, 4) is 11.3 Å². The molecule has 1 aliphatic rings. The predicted molar refractivity (Wildman–Crippen MR) is 164 cm³/mol. The first-order chi connectivity index (χ1) is 18.4. The van der Waals surface area contributed by atoms with E-state index in [-0.39, 0.29) is 12.1 Å². The minimum absolute atomic E-state index is 0.172. The van der Waals surface area contributed by atoms with Gasteiger partial charge < -0.3 is 23.8 Å². The van der Waals surface area contributed by atoms with Crippen LogP contribution in [0.25, 0.3) is 11.3 Å². The standard InChI is InChI=1S/C30H49BN3O5Si/c1-28(2,3)38-27(35)33-17-11-12-24(33)26-32-20-25(34(26)21-37-18-19-40(8,9)10)22-13-15-23(16-14-22)31-39-30(6,7)29(4,5)36/h13-16,20,24,36H,11-12,17-19,21H2,1-10H3/t24-/m0/s1. The molecule has 40 heavy (non-hydrogen) atoms. The monoisotopic (exact) mass is 570 g/mol. The number of ether oxygens (including phenoxy) is 2. The molecule has 1 radical (unpaired) electrons. The summed E-state index contributed by atoms with van der Waals surface area (Å²) in [5.74, 6) is 0.817. The normalized spacial score (nSPS) is 16.9. The number of carbonyl (C=O) groups is 1. The van der Waals surface area contributed by atoms with Gasteiger partial charge in [0.15, 0.2) is 0 Å². The van der Waals surface area contributed by atoms with E-state index < -0.39 is 24.9 Å². The van der Waals surface area contributed by atoms with Gasteiger partial charge in [0.05, 0.1) is 29.1 Å². The average Bonchev–Trinajstić information content (AvgIpc) is 3.45. The van der Waals surface area contributed by atoms with Crippen LogP contribution in [0.15, 0.2) is 30.5 Å². The first-order valence-corrected chi connectivity index (χ1v) is 18.1. The molecule has 10 heteroatoms. The molecule has 221 valence electrons. The highest BCUT2D eigenvalue weighted by Gasteiger charge is 2.37. The van der Waals surface area contributed by atoms with Crippen LogP contribution in [-0.2, 0) is 20.9 Å². The second-order valence-corrected chi connectivity index (χ2v) is 19.7. The second kappa shape index (κ2) is 12.4. The first kappa shape index (κ1) is 32.4. The molecule has 1 aromatic heterocycles.